The third-order valence-corrected chi connectivity index (χ3v) is 4.93. The topological polar surface area (TPSA) is 46.3 Å². The zero-order valence-corrected chi connectivity index (χ0v) is 16.5. The maximum absolute atomic E-state index is 12.2. The van der Waals surface area contributed by atoms with Gasteiger partial charge in [0.1, 0.15) is 0 Å². The average molecular weight is 413 g/mol. The second-order valence-electron chi connectivity index (χ2n) is 6.26. The molecule has 3 aromatic rings. The number of hydrogen-bond acceptors (Lipinski definition) is 3. The Kier molecular flexibility index (Phi) is 5.89. The van der Waals surface area contributed by atoms with Gasteiger partial charge in [-0.25, -0.2) is 0 Å². The minimum atomic E-state index is 0.0447. The van der Waals surface area contributed by atoms with Gasteiger partial charge in [0.25, 0.3) is 0 Å². The minimum Gasteiger partial charge on any atom is -0.356 e. The number of aromatic nitrogens is 1. The molecule has 0 N–H and O–H groups in total. The quantitative estimate of drug-likeness (QED) is 0.571. The Bertz CT molecular complexity index is 873. The molecule has 0 saturated carbocycles. The van der Waals surface area contributed by atoms with Crippen LogP contribution in [-0.2, 0) is 17.8 Å². The molecule has 2 aromatic carbocycles. The van der Waals surface area contributed by atoms with E-state index >= 15 is 0 Å². The second kappa shape index (κ2) is 8.32. The molecule has 26 heavy (non-hydrogen) atoms. The van der Waals surface area contributed by atoms with Crippen molar-refractivity contribution < 1.29 is 9.32 Å². The van der Waals surface area contributed by atoms with Crippen LogP contribution in [0.5, 0.6) is 0 Å². The fraction of sp³-hybridized carbons (Fsp3) is 0.238. The molecule has 0 bridgehead atoms. The molecular weight excluding hydrogens is 392 g/mol. The molecule has 3 rings (SSSR count). The van der Waals surface area contributed by atoms with Crippen LogP contribution in [0.4, 0.5) is 0 Å². The summed E-state index contributed by atoms with van der Waals surface area (Å²) in [5.74, 6) is 0.768. The van der Waals surface area contributed by atoms with E-state index in [1.54, 1.807) is 6.92 Å². The van der Waals surface area contributed by atoms with Gasteiger partial charge in [0, 0.05) is 29.1 Å². The molecule has 1 amide bonds. The first-order valence-electron chi connectivity index (χ1n) is 8.55. The monoisotopic (exact) mass is 412 g/mol. The van der Waals surface area contributed by atoms with Gasteiger partial charge in [-0.1, -0.05) is 63.6 Å². The summed E-state index contributed by atoms with van der Waals surface area (Å²) in [6.07, 6.45) is 0.818. The van der Waals surface area contributed by atoms with E-state index in [9.17, 15) is 4.79 Å². The van der Waals surface area contributed by atoms with Gasteiger partial charge in [-0.05, 0) is 31.0 Å². The SMILES string of the molecule is CC(=O)N(CCc1ccccc1)Cc1c(C)noc1-c1ccc(Br)cc1. The Hall–Kier alpha value is -2.40. The minimum absolute atomic E-state index is 0.0447. The predicted octanol–water partition coefficient (Wildman–Crippen LogP) is 5.00. The van der Waals surface area contributed by atoms with Crippen LogP contribution in [0.1, 0.15) is 23.7 Å². The van der Waals surface area contributed by atoms with Crippen LogP contribution in [0.2, 0.25) is 0 Å². The van der Waals surface area contributed by atoms with E-state index in [1.165, 1.54) is 5.56 Å². The van der Waals surface area contributed by atoms with E-state index < -0.39 is 0 Å². The summed E-state index contributed by atoms with van der Waals surface area (Å²) in [5, 5.41) is 4.12. The van der Waals surface area contributed by atoms with Gasteiger partial charge in [0.05, 0.1) is 12.2 Å². The van der Waals surface area contributed by atoms with Gasteiger partial charge in [-0.2, -0.15) is 0 Å². The summed E-state index contributed by atoms with van der Waals surface area (Å²) in [4.78, 5) is 14.0. The van der Waals surface area contributed by atoms with E-state index in [0.29, 0.717) is 13.1 Å². The number of nitrogens with zero attached hydrogens (tertiary/aromatic N) is 2. The largest absolute Gasteiger partial charge is 0.356 e. The molecule has 0 aliphatic heterocycles. The highest BCUT2D eigenvalue weighted by molar-refractivity contribution is 9.10. The first kappa shape index (κ1) is 18.4. The van der Waals surface area contributed by atoms with Crippen LogP contribution < -0.4 is 0 Å². The van der Waals surface area contributed by atoms with Crippen LogP contribution in [0, 0.1) is 6.92 Å². The maximum Gasteiger partial charge on any atom is 0.219 e. The summed E-state index contributed by atoms with van der Waals surface area (Å²) >= 11 is 3.44. The zero-order valence-electron chi connectivity index (χ0n) is 14.9. The van der Waals surface area contributed by atoms with E-state index in [-0.39, 0.29) is 5.91 Å². The van der Waals surface area contributed by atoms with Gasteiger partial charge >= 0.3 is 0 Å². The van der Waals surface area contributed by atoms with Crippen molar-refractivity contribution in [3.63, 3.8) is 0 Å². The van der Waals surface area contributed by atoms with Crippen molar-refractivity contribution in [3.05, 3.63) is 75.9 Å². The van der Waals surface area contributed by atoms with Crippen molar-refractivity contribution in [2.75, 3.05) is 6.54 Å². The van der Waals surface area contributed by atoms with Gasteiger partial charge in [0.2, 0.25) is 5.91 Å². The maximum atomic E-state index is 12.2. The third-order valence-electron chi connectivity index (χ3n) is 4.40. The molecule has 0 saturated heterocycles. The third kappa shape index (κ3) is 4.41. The lowest BCUT2D eigenvalue weighted by Crippen LogP contribution is -2.30. The van der Waals surface area contributed by atoms with Crippen molar-refractivity contribution in [2.45, 2.75) is 26.8 Å². The molecule has 0 unspecified atom stereocenters. The molecule has 4 nitrogen and oxygen atoms in total. The highest BCUT2D eigenvalue weighted by Gasteiger charge is 2.19. The lowest BCUT2D eigenvalue weighted by atomic mass is 10.1. The highest BCUT2D eigenvalue weighted by atomic mass is 79.9. The van der Waals surface area contributed by atoms with Gasteiger partial charge in [0.15, 0.2) is 5.76 Å². The lowest BCUT2D eigenvalue weighted by molar-refractivity contribution is -0.129. The molecule has 0 radical (unpaired) electrons. The fourth-order valence-electron chi connectivity index (χ4n) is 2.85. The number of carbonyl (C=O) groups excluding carboxylic acids is 1. The number of aryl methyl sites for hydroxylation is 1. The summed E-state index contributed by atoms with van der Waals surface area (Å²) in [7, 11) is 0. The Morgan fingerprint density at radius 2 is 1.81 bits per heavy atom. The number of amides is 1. The van der Waals surface area contributed by atoms with Crippen LogP contribution in [0.3, 0.4) is 0 Å². The van der Waals surface area contributed by atoms with Gasteiger partial charge in [-0.3, -0.25) is 4.79 Å². The Morgan fingerprint density at radius 3 is 2.46 bits per heavy atom. The predicted molar refractivity (Wildman–Crippen MR) is 106 cm³/mol. The number of hydrogen-bond donors (Lipinski definition) is 0. The summed E-state index contributed by atoms with van der Waals surface area (Å²) in [6.45, 7) is 4.66. The Morgan fingerprint density at radius 1 is 1.12 bits per heavy atom. The second-order valence-corrected chi connectivity index (χ2v) is 7.17. The van der Waals surface area contributed by atoms with Crippen LogP contribution in [0.25, 0.3) is 11.3 Å². The van der Waals surface area contributed by atoms with E-state index in [1.807, 2.05) is 54.3 Å². The molecule has 0 aliphatic carbocycles. The Labute approximate surface area is 161 Å². The summed E-state index contributed by atoms with van der Waals surface area (Å²) in [6, 6.07) is 18.1. The smallest absolute Gasteiger partial charge is 0.219 e. The highest BCUT2D eigenvalue weighted by Crippen LogP contribution is 2.28. The molecule has 0 fully saturated rings. The van der Waals surface area contributed by atoms with Crippen molar-refractivity contribution in [1.29, 1.82) is 0 Å². The van der Waals surface area contributed by atoms with Crippen molar-refractivity contribution >= 4 is 21.8 Å². The lowest BCUT2D eigenvalue weighted by Gasteiger charge is -2.21. The Balaban J connectivity index is 1.80. The summed E-state index contributed by atoms with van der Waals surface area (Å²) < 4.78 is 6.57. The molecule has 0 atom stereocenters. The molecule has 5 heteroatoms. The van der Waals surface area contributed by atoms with Crippen LogP contribution in [-0.4, -0.2) is 22.5 Å². The molecule has 1 heterocycles. The summed E-state index contributed by atoms with van der Waals surface area (Å²) in [5.41, 5.74) is 3.94. The fourth-order valence-corrected chi connectivity index (χ4v) is 3.11. The van der Waals surface area contributed by atoms with Crippen molar-refractivity contribution in [1.82, 2.24) is 10.1 Å². The zero-order chi connectivity index (χ0) is 18.5. The number of benzene rings is 2. The van der Waals surface area contributed by atoms with E-state index in [2.05, 4.69) is 33.2 Å². The molecular formula is C21H21BrN2O2. The van der Waals surface area contributed by atoms with Gasteiger partial charge < -0.3 is 9.42 Å². The number of halogens is 1. The van der Waals surface area contributed by atoms with E-state index in [0.717, 1.165) is 33.5 Å². The van der Waals surface area contributed by atoms with E-state index in [4.69, 9.17) is 4.52 Å². The normalized spacial score (nSPS) is 10.7. The molecule has 134 valence electrons. The first-order valence-corrected chi connectivity index (χ1v) is 9.34. The standard InChI is InChI=1S/C21H21BrN2O2/c1-15-20(21(26-23-15)18-8-10-19(22)11-9-18)14-24(16(2)25)13-12-17-6-4-3-5-7-17/h3-11H,12-14H2,1-2H3. The van der Waals surface area contributed by atoms with Crippen molar-refractivity contribution in [3.8, 4) is 11.3 Å². The van der Waals surface area contributed by atoms with Gasteiger partial charge in [-0.15, -0.1) is 0 Å². The van der Waals surface area contributed by atoms with Crippen LogP contribution >= 0.6 is 15.9 Å². The molecule has 0 aliphatic rings. The first-order chi connectivity index (χ1) is 12.5. The van der Waals surface area contributed by atoms with Crippen LogP contribution in [0.15, 0.2) is 63.6 Å². The molecule has 0 spiro atoms. The number of rotatable bonds is 6. The van der Waals surface area contributed by atoms with Crippen molar-refractivity contribution in [2.24, 2.45) is 0 Å². The molecule has 1 aromatic heterocycles. The average Bonchev–Trinajstić information content (AvgIpc) is 3.00. The number of carbonyl (C=O) groups is 1.